The Labute approximate surface area is 540 Å². The fourth-order valence-corrected chi connectivity index (χ4v) is 12.4. The van der Waals surface area contributed by atoms with E-state index in [1.165, 1.54) is 27.8 Å². The first-order valence-electron chi connectivity index (χ1n) is 27.1. The molecule has 9 aromatic rings. The highest BCUT2D eigenvalue weighted by atomic mass is 35.5. The minimum Gasteiger partial charge on any atom is -0.496 e. The Hall–Kier alpha value is -8.03. The molecule has 5 N–H and O–H groups in total. The molecule has 9 aromatic carbocycles. The van der Waals surface area contributed by atoms with Gasteiger partial charge in [0.25, 0.3) is 0 Å². The first-order valence-corrected chi connectivity index (χ1v) is 32.4. The summed E-state index contributed by atoms with van der Waals surface area (Å²) in [5.41, 5.74) is 9.11. The molecule has 0 spiro atoms. The molecule has 0 atom stereocenters. The van der Waals surface area contributed by atoms with Crippen LogP contribution in [-0.2, 0) is 50.2 Å². The number of aromatic carboxylic acids is 2. The molecule has 0 aliphatic rings. The van der Waals surface area contributed by atoms with Crippen molar-refractivity contribution in [2.45, 2.75) is 74.2 Å². The molecule has 0 fully saturated rings. The fourth-order valence-electron chi connectivity index (χ4n) is 7.55. The second-order valence-electron chi connectivity index (χ2n) is 18.9. The molecule has 12 nitrogen and oxygen atoms in total. The van der Waals surface area contributed by atoms with E-state index < -0.39 is 29.8 Å². The maximum absolute atomic E-state index is 10.8. The Morgan fingerprint density at radius 2 is 0.739 bits per heavy atom. The van der Waals surface area contributed by atoms with E-state index in [1.807, 2.05) is 196 Å². The number of carboxylic acids is 5. The van der Waals surface area contributed by atoms with Crippen LogP contribution in [0, 0.1) is 13.8 Å². The number of carboxylic acid groups (broad SMARTS) is 5. The number of para-hydroxylation sites is 2. The number of aryl methyl sites for hydroxylation is 2. The molecule has 0 saturated heterocycles. The van der Waals surface area contributed by atoms with Crippen LogP contribution in [0.4, 0.5) is 0 Å². The Morgan fingerprint density at radius 3 is 1.14 bits per heavy atom. The van der Waals surface area contributed by atoms with Gasteiger partial charge in [0.2, 0.25) is 0 Å². The van der Waals surface area contributed by atoms with E-state index in [1.54, 1.807) is 85.5 Å². The maximum Gasteiger partial charge on any atom is 0.335 e. The lowest BCUT2D eigenvalue weighted by Crippen LogP contribution is -1.99. The molecule has 0 aliphatic carbocycles. The summed E-state index contributed by atoms with van der Waals surface area (Å²) in [6.07, 6.45) is 0.159. The molecule has 0 aromatic heterocycles. The number of methoxy groups -OCH3 is 2. The zero-order chi connectivity index (χ0) is 63.6. The van der Waals surface area contributed by atoms with E-state index in [4.69, 9.17) is 46.6 Å². The summed E-state index contributed by atoms with van der Waals surface area (Å²) < 4.78 is 10.6. The van der Waals surface area contributed by atoms with Crippen molar-refractivity contribution in [3.63, 3.8) is 0 Å². The van der Waals surface area contributed by atoms with Gasteiger partial charge >= 0.3 is 29.8 Å². The number of carbonyl (C=O) groups is 5. The van der Waals surface area contributed by atoms with Gasteiger partial charge in [-0.1, -0.05) is 157 Å². The highest BCUT2D eigenvalue weighted by Gasteiger charge is 2.09. The summed E-state index contributed by atoms with van der Waals surface area (Å²) in [5, 5.41) is 44.3. The number of ether oxygens (including phenoxy) is 2. The van der Waals surface area contributed by atoms with Gasteiger partial charge in [0.15, 0.2) is 0 Å². The second kappa shape index (κ2) is 39.0. The SMILES string of the molecule is COc1ccccc1SCc1ccc(C(=O)O)cc1.COc1ccccc1SCc1ccc(CC(=O)O)cc1.Cc1ccc(C)c(SCC(=O)O)c1.O=C(O)Cc1ccc(CSc2ccccc2)cc1.O=C(O)c1ccc(CSc2ccccc2Cl)cc1. The van der Waals surface area contributed by atoms with Crippen LogP contribution >= 0.6 is 70.4 Å². The van der Waals surface area contributed by atoms with Crippen LogP contribution < -0.4 is 9.47 Å². The van der Waals surface area contributed by atoms with E-state index in [0.29, 0.717) is 11.1 Å². The Balaban J connectivity index is 0.000000202. The number of thioether (sulfide) groups is 5. The van der Waals surface area contributed by atoms with Crippen molar-refractivity contribution in [2.75, 3.05) is 20.0 Å². The predicted molar refractivity (Wildman–Crippen MR) is 359 cm³/mol. The summed E-state index contributed by atoms with van der Waals surface area (Å²) >= 11 is 14.2. The Kier molecular flexibility index (Phi) is 31.3. The van der Waals surface area contributed by atoms with Crippen molar-refractivity contribution in [3.05, 3.63) is 279 Å². The van der Waals surface area contributed by atoms with Crippen molar-refractivity contribution in [2.24, 2.45) is 0 Å². The minimum absolute atomic E-state index is 0.0694. The van der Waals surface area contributed by atoms with Crippen LogP contribution in [-0.4, -0.2) is 75.4 Å². The molecule has 0 aliphatic heterocycles. The summed E-state index contributed by atoms with van der Waals surface area (Å²) in [6, 6.07) is 69.0. The van der Waals surface area contributed by atoms with E-state index in [0.717, 1.165) is 92.5 Å². The molecule has 0 unspecified atom stereocenters. The molecule has 0 saturated carbocycles. The monoisotopic (exact) mass is 1290 g/mol. The van der Waals surface area contributed by atoms with Gasteiger partial charge in [-0.3, -0.25) is 14.4 Å². The molecule has 0 amide bonds. The molecular weight excluding hydrogens is 1230 g/mol. The van der Waals surface area contributed by atoms with Gasteiger partial charge in [-0.15, -0.1) is 58.8 Å². The van der Waals surface area contributed by atoms with Gasteiger partial charge in [0, 0.05) is 47.5 Å². The zero-order valence-corrected chi connectivity index (χ0v) is 53.6. The van der Waals surface area contributed by atoms with Crippen molar-refractivity contribution >= 4 is 100 Å². The smallest absolute Gasteiger partial charge is 0.335 e. The first-order chi connectivity index (χ1) is 42.4. The van der Waals surface area contributed by atoms with Gasteiger partial charge in [-0.2, -0.15) is 0 Å². The molecule has 88 heavy (non-hydrogen) atoms. The summed E-state index contributed by atoms with van der Waals surface area (Å²) in [7, 11) is 3.32. The average molecular weight is 1300 g/mol. The third-order valence-electron chi connectivity index (χ3n) is 12.2. The molecular formula is C70H67ClO12S5. The van der Waals surface area contributed by atoms with Crippen molar-refractivity contribution in [1.82, 2.24) is 0 Å². The lowest BCUT2D eigenvalue weighted by atomic mass is 10.1. The van der Waals surface area contributed by atoms with Crippen molar-refractivity contribution in [1.29, 1.82) is 0 Å². The van der Waals surface area contributed by atoms with E-state index >= 15 is 0 Å². The first kappa shape index (κ1) is 70.7. The normalized spacial score (nSPS) is 10.2. The van der Waals surface area contributed by atoms with Gasteiger partial charge in [-0.25, -0.2) is 9.59 Å². The van der Waals surface area contributed by atoms with Crippen molar-refractivity contribution in [3.8, 4) is 11.5 Å². The molecule has 18 heteroatoms. The highest BCUT2D eigenvalue weighted by molar-refractivity contribution is 8.00. The number of hydrogen-bond donors (Lipinski definition) is 5. The molecule has 9 rings (SSSR count). The van der Waals surface area contributed by atoms with Crippen LogP contribution in [0.3, 0.4) is 0 Å². The molecule has 0 bridgehead atoms. The molecule has 0 radical (unpaired) electrons. The van der Waals surface area contributed by atoms with Crippen LogP contribution in [0.5, 0.6) is 11.5 Å². The fraction of sp³-hybridized carbons (Fsp3) is 0.157. The lowest BCUT2D eigenvalue weighted by molar-refractivity contribution is -0.137. The van der Waals surface area contributed by atoms with Crippen LogP contribution in [0.25, 0.3) is 0 Å². The maximum atomic E-state index is 10.8. The summed E-state index contributed by atoms with van der Waals surface area (Å²) in [5.74, 6) is 0.964. The Bertz CT molecular complexity index is 3630. The molecule has 0 heterocycles. The molecule has 456 valence electrons. The topological polar surface area (TPSA) is 205 Å². The number of rotatable bonds is 23. The second-order valence-corrected chi connectivity index (χ2v) is 24.5. The third-order valence-corrected chi connectivity index (χ3v) is 18.2. The third kappa shape index (κ3) is 26.9. The van der Waals surface area contributed by atoms with Gasteiger partial charge in [0.1, 0.15) is 11.5 Å². The highest BCUT2D eigenvalue weighted by Crippen LogP contribution is 2.33. The van der Waals surface area contributed by atoms with Gasteiger partial charge < -0.3 is 35.0 Å². The average Bonchev–Trinajstić information content (AvgIpc) is 3.54. The zero-order valence-electron chi connectivity index (χ0n) is 48.7. The minimum atomic E-state index is -0.902. The van der Waals surface area contributed by atoms with Crippen LogP contribution in [0.2, 0.25) is 5.02 Å². The number of benzene rings is 9. The van der Waals surface area contributed by atoms with Gasteiger partial charge in [0.05, 0.1) is 49.0 Å². The van der Waals surface area contributed by atoms with Crippen LogP contribution in [0.1, 0.15) is 65.2 Å². The summed E-state index contributed by atoms with van der Waals surface area (Å²) in [6.45, 7) is 3.99. The predicted octanol–water partition coefficient (Wildman–Crippen LogP) is 17.7. The van der Waals surface area contributed by atoms with E-state index in [-0.39, 0.29) is 18.6 Å². The number of aliphatic carboxylic acids is 3. The Morgan fingerprint density at radius 1 is 0.375 bits per heavy atom. The van der Waals surface area contributed by atoms with Crippen LogP contribution in [0.15, 0.2) is 243 Å². The largest absolute Gasteiger partial charge is 0.496 e. The summed E-state index contributed by atoms with van der Waals surface area (Å²) in [4.78, 5) is 58.5. The van der Waals surface area contributed by atoms with Crippen molar-refractivity contribution < 1.29 is 59.0 Å². The van der Waals surface area contributed by atoms with Gasteiger partial charge in [-0.05, 0) is 132 Å². The van der Waals surface area contributed by atoms with E-state index in [9.17, 15) is 24.0 Å². The van der Waals surface area contributed by atoms with E-state index in [2.05, 4.69) is 12.1 Å². The number of hydrogen-bond acceptors (Lipinski definition) is 12. The standard InChI is InChI=1S/C16H16O3S.C15H14O3S.C15H14O2S.C14H11ClO2S.C10H12O2S/c1-19-14-4-2-3-5-15(14)20-11-13-8-6-12(7-9-13)10-16(17)18;1-18-13-4-2-3-5-14(13)19-10-11-6-8-12(9-7-11)15(16)17;16-15(17)10-12-6-8-13(9-7-12)11-18-14-4-2-1-3-5-14;15-12-3-1-2-4-13(12)18-9-10-5-7-11(8-6-10)14(16)17;1-7-3-4-8(2)9(5-7)13-6-10(11)12/h2-9H,10-11H2,1H3,(H,17,18);2-9H,10H2,1H3,(H,16,17);1-9H,10-11H2,(H,16,17);1-8H,9H2,(H,16,17);3-5H,6H2,1-2H3,(H,11,12). The quantitative estimate of drug-likeness (QED) is 0.0378. The lowest BCUT2D eigenvalue weighted by Gasteiger charge is -2.08. The number of halogens is 1.